The molecular weight excluding hydrogens is 388 g/mol. The van der Waals surface area contributed by atoms with Gasteiger partial charge >= 0.3 is 0 Å². The molecule has 0 radical (unpaired) electrons. The molecule has 0 bridgehead atoms. The Labute approximate surface area is 174 Å². The predicted molar refractivity (Wildman–Crippen MR) is 118 cm³/mol. The highest BCUT2D eigenvalue weighted by Crippen LogP contribution is 2.31. The lowest BCUT2D eigenvalue weighted by Gasteiger charge is -2.11. The van der Waals surface area contributed by atoms with Crippen molar-refractivity contribution >= 4 is 34.7 Å². The molecule has 3 aromatic rings. The number of carbonyl (C=O) groups excluding carboxylic acids is 1. The van der Waals surface area contributed by atoms with Gasteiger partial charge in [0.1, 0.15) is 0 Å². The predicted octanol–water partition coefficient (Wildman–Crippen LogP) is 5.38. The minimum Gasteiger partial charge on any atom is -0.325 e. The molecule has 0 aliphatic rings. The summed E-state index contributed by atoms with van der Waals surface area (Å²) < 4.78 is 2.13. The van der Waals surface area contributed by atoms with Crippen LogP contribution in [0, 0.1) is 27.7 Å². The third-order valence-corrected chi connectivity index (χ3v) is 6.88. The molecule has 3 rings (SSSR count). The average molecular weight is 415 g/mol. The molecule has 0 spiro atoms. The van der Waals surface area contributed by atoms with Gasteiger partial charge in [0.05, 0.1) is 5.75 Å². The Morgan fingerprint density at radius 2 is 1.96 bits per heavy atom. The largest absolute Gasteiger partial charge is 0.325 e. The van der Waals surface area contributed by atoms with E-state index < -0.39 is 0 Å². The summed E-state index contributed by atoms with van der Waals surface area (Å²) >= 11 is 3.17. The van der Waals surface area contributed by atoms with Gasteiger partial charge < -0.3 is 9.88 Å². The van der Waals surface area contributed by atoms with Crippen molar-refractivity contribution in [2.45, 2.75) is 52.7 Å². The third kappa shape index (κ3) is 4.31. The molecule has 148 valence electrons. The minimum atomic E-state index is -0.0335. The smallest absolute Gasteiger partial charge is 0.234 e. The van der Waals surface area contributed by atoms with Crippen LogP contribution >= 0.6 is 23.1 Å². The molecule has 0 fully saturated rings. The van der Waals surface area contributed by atoms with Crippen LogP contribution in [0.3, 0.4) is 0 Å². The fraction of sp³-hybridized carbons (Fsp3) is 0.381. The minimum absolute atomic E-state index is 0.0335. The number of anilines is 1. The van der Waals surface area contributed by atoms with E-state index in [0.29, 0.717) is 5.75 Å². The maximum Gasteiger partial charge on any atom is 0.234 e. The average Bonchev–Trinajstić information content (AvgIpc) is 3.21. The van der Waals surface area contributed by atoms with Gasteiger partial charge in [-0.25, -0.2) is 0 Å². The number of carbonyl (C=O) groups is 1. The number of thioether (sulfide) groups is 1. The van der Waals surface area contributed by atoms with Crippen LogP contribution in [0.15, 0.2) is 28.7 Å². The maximum atomic E-state index is 12.5. The Bertz CT molecular complexity index is 990. The Morgan fingerprint density at radius 3 is 2.64 bits per heavy atom. The van der Waals surface area contributed by atoms with E-state index in [-0.39, 0.29) is 5.91 Å². The second-order valence-corrected chi connectivity index (χ2v) is 8.90. The van der Waals surface area contributed by atoms with Gasteiger partial charge in [0.2, 0.25) is 5.91 Å². The topological polar surface area (TPSA) is 59.8 Å². The molecule has 7 heteroatoms. The van der Waals surface area contributed by atoms with Crippen LogP contribution in [0.2, 0.25) is 0 Å². The number of aromatic nitrogens is 3. The van der Waals surface area contributed by atoms with Gasteiger partial charge in [0.15, 0.2) is 11.0 Å². The van der Waals surface area contributed by atoms with Crippen LogP contribution in [0.1, 0.15) is 34.9 Å². The standard InChI is InChI=1S/C21H26N4OS2/c1-6-10-25-20(17-11-27-16(5)15(17)4)23-24-21(25)28-12-19(26)22-18-9-7-8-13(2)14(18)3/h7-9,11H,6,10,12H2,1-5H3,(H,22,26). The summed E-state index contributed by atoms with van der Waals surface area (Å²) in [5.74, 6) is 1.16. The van der Waals surface area contributed by atoms with Crippen LogP contribution in [0.5, 0.6) is 0 Å². The number of nitrogens with one attached hydrogen (secondary N) is 1. The lowest BCUT2D eigenvalue weighted by atomic mass is 10.1. The number of nitrogens with zero attached hydrogens (tertiary/aromatic N) is 3. The highest BCUT2D eigenvalue weighted by atomic mass is 32.2. The molecule has 2 heterocycles. The van der Waals surface area contributed by atoms with Gasteiger partial charge in [-0.1, -0.05) is 30.8 Å². The van der Waals surface area contributed by atoms with Crippen molar-refractivity contribution in [1.82, 2.24) is 14.8 Å². The molecule has 1 amide bonds. The van der Waals surface area contributed by atoms with Crippen molar-refractivity contribution in [3.63, 3.8) is 0 Å². The summed E-state index contributed by atoms with van der Waals surface area (Å²) in [5.41, 5.74) is 5.51. The number of rotatable bonds is 7. The second-order valence-electron chi connectivity index (χ2n) is 6.87. The molecule has 2 aromatic heterocycles. The first-order valence-electron chi connectivity index (χ1n) is 9.39. The van der Waals surface area contributed by atoms with E-state index in [2.05, 4.69) is 46.2 Å². The van der Waals surface area contributed by atoms with E-state index in [1.807, 2.05) is 32.0 Å². The van der Waals surface area contributed by atoms with E-state index >= 15 is 0 Å². The van der Waals surface area contributed by atoms with Gasteiger partial charge in [-0.15, -0.1) is 21.5 Å². The van der Waals surface area contributed by atoms with Crippen molar-refractivity contribution in [2.24, 2.45) is 0 Å². The zero-order valence-electron chi connectivity index (χ0n) is 17.0. The first-order valence-corrected chi connectivity index (χ1v) is 11.3. The lowest BCUT2D eigenvalue weighted by molar-refractivity contribution is -0.113. The van der Waals surface area contributed by atoms with Crippen molar-refractivity contribution in [2.75, 3.05) is 11.1 Å². The van der Waals surface area contributed by atoms with Crippen molar-refractivity contribution in [3.8, 4) is 11.4 Å². The Balaban J connectivity index is 1.74. The Morgan fingerprint density at radius 1 is 1.18 bits per heavy atom. The number of hydrogen-bond donors (Lipinski definition) is 1. The van der Waals surface area contributed by atoms with Crippen LogP contribution in [0.4, 0.5) is 5.69 Å². The van der Waals surface area contributed by atoms with Crippen LogP contribution in [-0.2, 0) is 11.3 Å². The van der Waals surface area contributed by atoms with Crippen molar-refractivity contribution in [1.29, 1.82) is 0 Å². The maximum absolute atomic E-state index is 12.5. The molecule has 1 aromatic carbocycles. The van der Waals surface area contributed by atoms with Gasteiger partial charge in [-0.05, 0) is 56.9 Å². The summed E-state index contributed by atoms with van der Waals surface area (Å²) in [6, 6.07) is 5.94. The first kappa shape index (κ1) is 20.6. The van der Waals surface area contributed by atoms with Crippen LogP contribution < -0.4 is 5.32 Å². The molecule has 1 N–H and O–H groups in total. The molecule has 0 saturated heterocycles. The molecule has 0 aliphatic heterocycles. The highest BCUT2D eigenvalue weighted by molar-refractivity contribution is 7.99. The molecule has 0 saturated carbocycles. The summed E-state index contributed by atoms with van der Waals surface area (Å²) in [6.45, 7) is 11.3. The van der Waals surface area contributed by atoms with Crippen LogP contribution in [-0.4, -0.2) is 26.4 Å². The number of thiophene rings is 1. The van der Waals surface area contributed by atoms with Crippen molar-refractivity contribution < 1.29 is 4.79 Å². The Hall–Kier alpha value is -2.12. The number of amides is 1. The summed E-state index contributed by atoms with van der Waals surface area (Å²) in [4.78, 5) is 13.8. The van der Waals surface area contributed by atoms with Crippen molar-refractivity contribution in [3.05, 3.63) is 45.1 Å². The fourth-order valence-corrected chi connectivity index (χ4v) is 4.59. The summed E-state index contributed by atoms with van der Waals surface area (Å²) in [7, 11) is 0. The molecule has 0 unspecified atom stereocenters. The fourth-order valence-electron chi connectivity index (χ4n) is 2.96. The molecule has 5 nitrogen and oxygen atoms in total. The lowest BCUT2D eigenvalue weighted by Crippen LogP contribution is -2.15. The molecular formula is C21H26N4OS2. The quantitative estimate of drug-likeness (QED) is 0.527. The number of hydrogen-bond acceptors (Lipinski definition) is 5. The van der Waals surface area contributed by atoms with Gasteiger partial charge in [-0.2, -0.15) is 0 Å². The number of aryl methyl sites for hydroxylation is 2. The third-order valence-electron chi connectivity index (χ3n) is 4.90. The molecule has 28 heavy (non-hydrogen) atoms. The van der Waals surface area contributed by atoms with Gasteiger partial charge in [-0.3, -0.25) is 4.79 Å². The molecule has 0 atom stereocenters. The SMILES string of the molecule is CCCn1c(SCC(=O)Nc2cccc(C)c2C)nnc1-c1csc(C)c1C. The summed E-state index contributed by atoms with van der Waals surface area (Å²) in [5, 5.41) is 14.7. The normalized spacial score (nSPS) is 11.0. The van der Waals surface area contributed by atoms with Gasteiger partial charge in [0.25, 0.3) is 0 Å². The van der Waals surface area contributed by atoms with E-state index in [0.717, 1.165) is 40.8 Å². The van der Waals surface area contributed by atoms with Crippen LogP contribution in [0.25, 0.3) is 11.4 Å². The second kappa shape index (κ2) is 8.92. The Kier molecular flexibility index (Phi) is 6.57. The van der Waals surface area contributed by atoms with E-state index in [9.17, 15) is 4.79 Å². The zero-order valence-corrected chi connectivity index (χ0v) is 18.6. The zero-order chi connectivity index (χ0) is 20.3. The highest BCUT2D eigenvalue weighted by Gasteiger charge is 2.18. The number of benzene rings is 1. The molecule has 0 aliphatic carbocycles. The monoisotopic (exact) mass is 414 g/mol. The van der Waals surface area contributed by atoms with E-state index in [1.54, 1.807) is 11.3 Å². The van der Waals surface area contributed by atoms with E-state index in [1.165, 1.54) is 27.8 Å². The van der Waals surface area contributed by atoms with Gasteiger partial charge in [0, 0.05) is 28.1 Å². The first-order chi connectivity index (χ1) is 13.4. The summed E-state index contributed by atoms with van der Waals surface area (Å²) in [6.07, 6.45) is 0.982. The van der Waals surface area contributed by atoms with E-state index in [4.69, 9.17) is 0 Å².